The highest BCUT2D eigenvalue weighted by molar-refractivity contribution is 5.96. The number of carbonyl (C=O) groups excluding carboxylic acids is 1. The largest absolute Gasteiger partial charge is 0.497 e. The van der Waals surface area contributed by atoms with Crippen molar-refractivity contribution in [2.24, 2.45) is 11.3 Å². The van der Waals surface area contributed by atoms with Gasteiger partial charge in [-0.2, -0.15) is 0 Å². The first-order valence-corrected chi connectivity index (χ1v) is 6.75. The molecule has 1 aromatic rings. The van der Waals surface area contributed by atoms with Crippen LogP contribution in [-0.2, 0) is 4.79 Å². The van der Waals surface area contributed by atoms with Crippen molar-refractivity contribution in [1.82, 2.24) is 5.32 Å². The highest BCUT2D eigenvalue weighted by Gasteiger charge is 2.43. The molecular weight excluding hydrogens is 240 g/mol. The smallest absolute Gasteiger partial charge is 0.232 e. The van der Waals surface area contributed by atoms with Crippen LogP contribution in [0.4, 0.5) is 5.69 Å². The van der Waals surface area contributed by atoms with Crippen LogP contribution < -0.4 is 15.4 Å². The molecular formula is C15H22N2O2. The molecule has 0 saturated carbocycles. The van der Waals surface area contributed by atoms with Gasteiger partial charge in [-0.05, 0) is 43.1 Å². The lowest BCUT2D eigenvalue weighted by atomic mass is 9.75. The topological polar surface area (TPSA) is 50.4 Å². The third kappa shape index (κ3) is 2.73. The lowest BCUT2D eigenvalue weighted by Crippen LogP contribution is -2.42. The van der Waals surface area contributed by atoms with E-state index in [1.807, 2.05) is 24.3 Å². The predicted octanol–water partition coefficient (Wildman–Crippen LogP) is 2.27. The van der Waals surface area contributed by atoms with Gasteiger partial charge in [-0.25, -0.2) is 0 Å². The molecule has 0 aliphatic carbocycles. The van der Waals surface area contributed by atoms with Crippen LogP contribution in [0.5, 0.6) is 5.75 Å². The van der Waals surface area contributed by atoms with E-state index in [9.17, 15) is 4.79 Å². The first kappa shape index (κ1) is 13.9. The average molecular weight is 262 g/mol. The fourth-order valence-corrected chi connectivity index (χ4v) is 2.59. The van der Waals surface area contributed by atoms with Crippen molar-refractivity contribution in [3.05, 3.63) is 24.3 Å². The van der Waals surface area contributed by atoms with Crippen LogP contribution in [0, 0.1) is 11.3 Å². The number of ether oxygens (including phenoxy) is 1. The molecule has 2 N–H and O–H groups in total. The van der Waals surface area contributed by atoms with Gasteiger partial charge >= 0.3 is 0 Å². The summed E-state index contributed by atoms with van der Waals surface area (Å²) in [6.07, 6.45) is 0.895. The van der Waals surface area contributed by atoms with Gasteiger partial charge in [0.05, 0.1) is 12.5 Å². The van der Waals surface area contributed by atoms with Gasteiger partial charge in [0.2, 0.25) is 5.91 Å². The van der Waals surface area contributed by atoms with Gasteiger partial charge in [0.15, 0.2) is 0 Å². The fraction of sp³-hybridized carbons (Fsp3) is 0.533. The maximum absolute atomic E-state index is 12.6. The Morgan fingerprint density at radius 3 is 2.53 bits per heavy atom. The molecule has 4 heteroatoms. The van der Waals surface area contributed by atoms with Crippen LogP contribution in [0.25, 0.3) is 0 Å². The van der Waals surface area contributed by atoms with Crippen LogP contribution in [0.2, 0.25) is 0 Å². The van der Waals surface area contributed by atoms with Crippen LogP contribution in [0.1, 0.15) is 20.3 Å². The van der Waals surface area contributed by atoms with Crippen LogP contribution >= 0.6 is 0 Å². The minimum absolute atomic E-state index is 0.109. The molecule has 0 bridgehead atoms. The van der Waals surface area contributed by atoms with Crippen molar-refractivity contribution in [3.63, 3.8) is 0 Å². The molecule has 0 aromatic heterocycles. The van der Waals surface area contributed by atoms with Crippen molar-refractivity contribution >= 4 is 11.6 Å². The van der Waals surface area contributed by atoms with E-state index >= 15 is 0 Å². The summed E-state index contributed by atoms with van der Waals surface area (Å²) in [4.78, 5) is 12.6. The standard InChI is InChI=1S/C15H22N2O2/c1-11(2)15(8-9-16-10-15)14(18)17-12-4-6-13(19-3)7-5-12/h4-7,11,16H,8-10H2,1-3H3,(H,17,18). The lowest BCUT2D eigenvalue weighted by Gasteiger charge is -2.31. The summed E-state index contributed by atoms with van der Waals surface area (Å²) in [6, 6.07) is 7.44. The second kappa shape index (κ2) is 5.61. The van der Waals surface area contributed by atoms with Crippen molar-refractivity contribution in [3.8, 4) is 5.75 Å². The van der Waals surface area contributed by atoms with Gasteiger partial charge in [0.1, 0.15) is 5.75 Å². The Balaban J connectivity index is 2.10. The first-order valence-electron chi connectivity index (χ1n) is 6.75. The van der Waals surface area contributed by atoms with E-state index in [-0.39, 0.29) is 11.3 Å². The number of rotatable bonds is 4. The van der Waals surface area contributed by atoms with E-state index in [0.717, 1.165) is 30.9 Å². The molecule has 4 nitrogen and oxygen atoms in total. The molecule has 104 valence electrons. The number of hydrogen-bond acceptors (Lipinski definition) is 3. The lowest BCUT2D eigenvalue weighted by molar-refractivity contribution is -0.126. The Labute approximate surface area is 114 Å². The number of benzene rings is 1. The maximum Gasteiger partial charge on any atom is 0.232 e. The third-order valence-electron chi connectivity index (χ3n) is 4.09. The molecule has 1 aliphatic rings. The molecule has 1 amide bonds. The van der Waals surface area contributed by atoms with Crippen LogP contribution in [0.15, 0.2) is 24.3 Å². The van der Waals surface area contributed by atoms with E-state index in [1.54, 1.807) is 7.11 Å². The first-order chi connectivity index (χ1) is 9.08. The molecule has 1 aromatic carbocycles. The Morgan fingerprint density at radius 1 is 1.37 bits per heavy atom. The number of carbonyl (C=O) groups is 1. The zero-order chi connectivity index (χ0) is 13.9. The van der Waals surface area contributed by atoms with Crippen molar-refractivity contribution in [1.29, 1.82) is 0 Å². The minimum atomic E-state index is -0.292. The summed E-state index contributed by atoms with van der Waals surface area (Å²) < 4.78 is 5.11. The summed E-state index contributed by atoms with van der Waals surface area (Å²) in [7, 11) is 1.63. The Morgan fingerprint density at radius 2 is 2.05 bits per heavy atom. The number of anilines is 1. The van der Waals surface area contributed by atoms with E-state index in [2.05, 4.69) is 24.5 Å². The van der Waals surface area contributed by atoms with Gasteiger partial charge in [0, 0.05) is 12.2 Å². The zero-order valence-electron chi connectivity index (χ0n) is 11.8. The Hall–Kier alpha value is -1.55. The molecule has 2 rings (SSSR count). The van der Waals surface area contributed by atoms with Gasteiger partial charge in [-0.15, -0.1) is 0 Å². The molecule has 19 heavy (non-hydrogen) atoms. The van der Waals surface area contributed by atoms with Gasteiger partial charge in [-0.1, -0.05) is 13.8 Å². The summed E-state index contributed by atoms with van der Waals surface area (Å²) in [5.41, 5.74) is 0.526. The van der Waals surface area contributed by atoms with Gasteiger partial charge < -0.3 is 15.4 Å². The molecule has 0 spiro atoms. The summed E-state index contributed by atoms with van der Waals surface area (Å²) >= 11 is 0. The fourth-order valence-electron chi connectivity index (χ4n) is 2.59. The molecule has 1 saturated heterocycles. The molecule has 1 unspecified atom stereocenters. The number of amides is 1. The summed E-state index contributed by atoms with van der Waals surface area (Å²) in [5, 5.41) is 6.32. The highest BCUT2D eigenvalue weighted by atomic mass is 16.5. The van der Waals surface area contributed by atoms with Crippen LogP contribution in [0.3, 0.4) is 0 Å². The maximum atomic E-state index is 12.6. The van der Waals surface area contributed by atoms with E-state index < -0.39 is 0 Å². The van der Waals surface area contributed by atoms with E-state index in [1.165, 1.54) is 0 Å². The number of nitrogens with one attached hydrogen (secondary N) is 2. The Bertz CT molecular complexity index is 434. The van der Waals surface area contributed by atoms with Crippen molar-refractivity contribution in [2.45, 2.75) is 20.3 Å². The zero-order valence-corrected chi connectivity index (χ0v) is 11.8. The van der Waals surface area contributed by atoms with Gasteiger partial charge in [-0.3, -0.25) is 4.79 Å². The third-order valence-corrected chi connectivity index (χ3v) is 4.09. The quantitative estimate of drug-likeness (QED) is 0.875. The van der Waals surface area contributed by atoms with Crippen LogP contribution in [-0.4, -0.2) is 26.1 Å². The average Bonchev–Trinajstić information content (AvgIpc) is 2.90. The molecule has 1 atom stereocenters. The predicted molar refractivity (Wildman–Crippen MR) is 76.4 cm³/mol. The number of methoxy groups -OCH3 is 1. The summed E-state index contributed by atoms with van der Waals surface area (Å²) in [5.74, 6) is 1.22. The number of hydrogen-bond donors (Lipinski definition) is 2. The van der Waals surface area contributed by atoms with E-state index in [0.29, 0.717) is 5.92 Å². The SMILES string of the molecule is COc1ccc(NC(=O)C2(C(C)C)CCNC2)cc1. The molecule has 1 aliphatic heterocycles. The van der Waals surface area contributed by atoms with E-state index in [4.69, 9.17) is 4.74 Å². The molecule has 0 radical (unpaired) electrons. The summed E-state index contributed by atoms with van der Waals surface area (Å²) in [6.45, 7) is 5.89. The van der Waals surface area contributed by atoms with Crippen molar-refractivity contribution in [2.75, 3.05) is 25.5 Å². The normalized spacial score (nSPS) is 22.5. The van der Waals surface area contributed by atoms with Gasteiger partial charge in [0.25, 0.3) is 0 Å². The second-order valence-corrected chi connectivity index (χ2v) is 5.42. The monoisotopic (exact) mass is 262 g/mol. The molecule has 1 fully saturated rings. The second-order valence-electron chi connectivity index (χ2n) is 5.42. The minimum Gasteiger partial charge on any atom is -0.497 e. The van der Waals surface area contributed by atoms with Crippen molar-refractivity contribution < 1.29 is 9.53 Å². The Kier molecular flexibility index (Phi) is 4.10. The molecule has 1 heterocycles. The highest BCUT2D eigenvalue weighted by Crippen LogP contribution is 2.35.